The number of nitrogens with zero attached hydrogens (tertiary/aromatic N) is 2. The highest BCUT2D eigenvalue weighted by Crippen LogP contribution is 2.50. The highest BCUT2D eigenvalue weighted by atomic mass is 19.1. The maximum Gasteiger partial charge on any atom is 0.255 e. The molecule has 5 nitrogen and oxygen atoms in total. The van der Waals surface area contributed by atoms with Gasteiger partial charge in [0, 0.05) is 37.7 Å². The lowest BCUT2D eigenvalue weighted by atomic mass is 9.76. The van der Waals surface area contributed by atoms with Crippen molar-refractivity contribution in [2.24, 2.45) is 11.3 Å². The molecule has 1 N–H and O–H groups in total. The van der Waals surface area contributed by atoms with Crippen LogP contribution < -0.4 is 5.32 Å². The molecule has 1 aromatic heterocycles. The molecule has 1 aliphatic heterocycles. The van der Waals surface area contributed by atoms with Gasteiger partial charge in [0.05, 0.1) is 11.8 Å². The molecule has 6 heteroatoms. The van der Waals surface area contributed by atoms with Crippen LogP contribution >= 0.6 is 0 Å². The highest BCUT2D eigenvalue weighted by Gasteiger charge is 2.51. The Morgan fingerprint density at radius 1 is 1.41 bits per heavy atom. The largest absolute Gasteiger partial charge is 0.359 e. The molecule has 0 bridgehead atoms. The topological polar surface area (TPSA) is 62.3 Å². The number of carbonyl (C=O) groups excluding carboxylic acids is 2. The Morgan fingerprint density at radius 3 is 2.95 bits per heavy atom. The first-order valence-corrected chi connectivity index (χ1v) is 7.67. The van der Waals surface area contributed by atoms with Crippen molar-refractivity contribution in [3.05, 3.63) is 29.8 Å². The Balaban J connectivity index is 1.77. The predicted octanol–water partition coefficient (Wildman–Crippen LogP) is 1.60. The van der Waals surface area contributed by atoms with E-state index < -0.39 is 5.82 Å². The third-order valence-corrected chi connectivity index (χ3v) is 5.09. The summed E-state index contributed by atoms with van der Waals surface area (Å²) in [5, 5.41) is 2.74. The molecule has 2 amide bonds. The van der Waals surface area contributed by atoms with Crippen molar-refractivity contribution in [3.63, 3.8) is 0 Å². The van der Waals surface area contributed by atoms with Crippen molar-refractivity contribution in [2.45, 2.75) is 25.7 Å². The maximum atomic E-state index is 13.2. The molecule has 1 saturated carbocycles. The average Bonchev–Trinajstić information content (AvgIpc) is 3.13. The SMILES string of the molecule is CNC(=O)[C@H]1CCC[C@]12CCN(C(=O)c1cncc(F)c1)C2. The summed E-state index contributed by atoms with van der Waals surface area (Å²) >= 11 is 0. The number of rotatable bonds is 2. The van der Waals surface area contributed by atoms with Crippen LogP contribution in [0.2, 0.25) is 0 Å². The molecule has 2 aliphatic rings. The lowest BCUT2D eigenvalue weighted by molar-refractivity contribution is -0.127. The number of hydrogen-bond donors (Lipinski definition) is 1. The fourth-order valence-corrected chi connectivity index (χ4v) is 3.99. The summed E-state index contributed by atoms with van der Waals surface area (Å²) in [7, 11) is 1.66. The van der Waals surface area contributed by atoms with Crippen LogP contribution in [-0.2, 0) is 4.79 Å². The zero-order valence-corrected chi connectivity index (χ0v) is 12.6. The summed E-state index contributed by atoms with van der Waals surface area (Å²) in [6, 6.07) is 1.21. The van der Waals surface area contributed by atoms with Gasteiger partial charge in [-0.05, 0) is 25.3 Å². The molecule has 3 rings (SSSR count). The van der Waals surface area contributed by atoms with Crippen LogP contribution in [0.25, 0.3) is 0 Å². The summed E-state index contributed by atoms with van der Waals surface area (Å²) in [6.45, 7) is 1.18. The lowest BCUT2D eigenvalue weighted by Gasteiger charge is -2.30. The highest BCUT2D eigenvalue weighted by molar-refractivity contribution is 5.94. The fraction of sp³-hybridized carbons (Fsp3) is 0.562. The molecule has 1 aromatic rings. The molecular formula is C16H20FN3O2. The number of nitrogens with one attached hydrogen (secondary N) is 1. The Bertz CT molecular complexity index is 607. The molecule has 1 saturated heterocycles. The van der Waals surface area contributed by atoms with Gasteiger partial charge >= 0.3 is 0 Å². The quantitative estimate of drug-likeness (QED) is 0.903. The van der Waals surface area contributed by atoms with Gasteiger partial charge in [0.15, 0.2) is 0 Å². The number of carbonyl (C=O) groups is 2. The smallest absolute Gasteiger partial charge is 0.255 e. The van der Waals surface area contributed by atoms with E-state index >= 15 is 0 Å². The molecule has 2 heterocycles. The summed E-state index contributed by atoms with van der Waals surface area (Å²) in [6.07, 6.45) is 6.17. The van der Waals surface area contributed by atoms with Crippen molar-refractivity contribution in [1.29, 1.82) is 0 Å². The summed E-state index contributed by atoms with van der Waals surface area (Å²) in [5.41, 5.74) is 0.155. The van der Waals surface area contributed by atoms with E-state index in [-0.39, 0.29) is 28.7 Å². The average molecular weight is 305 g/mol. The number of aromatic nitrogens is 1. The Hall–Kier alpha value is -1.98. The third kappa shape index (κ3) is 2.46. The van der Waals surface area contributed by atoms with Crippen LogP contribution in [0.1, 0.15) is 36.0 Å². The van der Waals surface area contributed by atoms with E-state index in [1.54, 1.807) is 11.9 Å². The zero-order chi connectivity index (χ0) is 15.7. The second-order valence-corrected chi connectivity index (χ2v) is 6.29. The van der Waals surface area contributed by atoms with Crippen molar-refractivity contribution >= 4 is 11.8 Å². The first-order chi connectivity index (χ1) is 10.6. The molecule has 0 aromatic carbocycles. The van der Waals surface area contributed by atoms with Gasteiger partial charge in [0.25, 0.3) is 5.91 Å². The van der Waals surface area contributed by atoms with E-state index in [2.05, 4.69) is 10.3 Å². The minimum absolute atomic E-state index is 0.0269. The van der Waals surface area contributed by atoms with E-state index in [1.165, 1.54) is 12.3 Å². The summed E-state index contributed by atoms with van der Waals surface area (Å²) < 4.78 is 13.2. The van der Waals surface area contributed by atoms with E-state index in [4.69, 9.17) is 0 Å². The van der Waals surface area contributed by atoms with Crippen LogP contribution in [0.4, 0.5) is 4.39 Å². The van der Waals surface area contributed by atoms with Crippen LogP contribution in [0.3, 0.4) is 0 Å². The predicted molar refractivity (Wildman–Crippen MR) is 78.6 cm³/mol. The minimum atomic E-state index is -0.510. The molecular weight excluding hydrogens is 285 g/mol. The normalized spacial score (nSPS) is 27.4. The molecule has 0 radical (unpaired) electrons. The van der Waals surface area contributed by atoms with Crippen LogP contribution in [0.15, 0.2) is 18.5 Å². The van der Waals surface area contributed by atoms with Crippen molar-refractivity contribution < 1.29 is 14.0 Å². The standard InChI is InChI=1S/C16H20FN3O2/c1-18-14(21)13-3-2-4-16(13)5-6-20(10-16)15(22)11-7-12(17)9-19-8-11/h7-9,13H,2-6,10H2,1H3,(H,18,21)/t13-,16-/m1/s1. The van der Waals surface area contributed by atoms with E-state index in [9.17, 15) is 14.0 Å². The van der Waals surface area contributed by atoms with Crippen LogP contribution in [-0.4, -0.2) is 41.8 Å². The van der Waals surface area contributed by atoms with Gasteiger partial charge in [-0.25, -0.2) is 4.39 Å². The number of pyridine rings is 1. The molecule has 22 heavy (non-hydrogen) atoms. The summed E-state index contributed by atoms with van der Waals surface area (Å²) in [5.74, 6) is -0.671. The number of likely N-dealkylation sites (tertiary alicyclic amines) is 1. The van der Waals surface area contributed by atoms with Gasteiger partial charge in [-0.15, -0.1) is 0 Å². The third-order valence-electron chi connectivity index (χ3n) is 5.09. The van der Waals surface area contributed by atoms with Crippen LogP contribution in [0.5, 0.6) is 0 Å². The van der Waals surface area contributed by atoms with E-state index in [0.717, 1.165) is 31.9 Å². The van der Waals surface area contributed by atoms with Crippen molar-refractivity contribution in [3.8, 4) is 0 Å². The fourth-order valence-electron chi connectivity index (χ4n) is 3.99. The van der Waals surface area contributed by atoms with Gasteiger partial charge in [0.2, 0.25) is 5.91 Å². The van der Waals surface area contributed by atoms with Gasteiger partial charge in [-0.1, -0.05) is 6.42 Å². The van der Waals surface area contributed by atoms with Gasteiger partial charge in [-0.2, -0.15) is 0 Å². The Labute approximate surface area is 128 Å². The summed E-state index contributed by atoms with van der Waals surface area (Å²) in [4.78, 5) is 30.1. The molecule has 2 atom stereocenters. The molecule has 118 valence electrons. The second-order valence-electron chi connectivity index (χ2n) is 6.29. The zero-order valence-electron chi connectivity index (χ0n) is 12.6. The van der Waals surface area contributed by atoms with Gasteiger partial charge in [-0.3, -0.25) is 14.6 Å². The van der Waals surface area contributed by atoms with Crippen LogP contribution in [0, 0.1) is 17.2 Å². The second kappa shape index (κ2) is 5.66. The monoisotopic (exact) mass is 305 g/mol. The number of halogens is 1. The van der Waals surface area contributed by atoms with E-state index in [0.29, 0.717) is 13.1 Å². The van der Waals surface area contributed by atoms with Gasteiger partial charge in [0.1, 0.15) is 5.82 Å². The first kappa shape index (κ1) is 14.9. The molecule has 0 unspecified atom stereocenters. The first-order valence-electron chi connectivity index (χ1n) is 7.67. The van der Waals surface area contributed by atoms with Gasteiger partial charge < -0.3 is 10.2 Å². The number of amides is 2. The van der Waals surface area contributed by atoms with Crippen molar-refractivity contribution in [2.75, 3.05) is 20.1 Å². The lowest BCUT2D eigenvalue weighted by Crippen LogP contribution is -2.40. The number of hydrogen-bond acceptors (Lipinski definition) is 3. The van der Waals surface area contributed by atoms with E-state index in [1.807, 2.05) is 0 Å². The Morgan fingerprint density at radius 2 is 2.23 bits per heavy atom. The molecule has 1 aliphatic carbocycles. The molecule has 2 fully saturated rings. The van der Waals surface area contributed by atoms with Crippen molar-refractivity contribution in [1.82, 2.24) is 15.2 Å². The molecule has 1 spiro atoms. The minimum Gasteiger partial charge on any atom is -0.359 e. The maximum absolute atomic E-state index is 13.2. The Kier molecular flexibility index (Phi) is 3.85.